The van der Waals surface area contributed by atoms with Crippen LogP contribution in [0.4, 0.5) is 28.9 Å². The molecule has 41 heavy (non-hydrogen) atoms. The summed E-state index contributed by atoms with van der Waals surface area (Å²) < 4.78 is 58.6. The van der Waals surface area contributed by atoms with Gasteiger partial charge in [0.05, 0.1) is 51.4 Å². The summed E-state index contributed by atoms with van der Waals surface area (Å²) in [6, 6.07) is 17.7. The SMILES string of the molecule is Cc1ccc(Nc2cc3nc4cc(F)ccc4n(-c4ccc(OC(F)(F)F)cc4)c-3c/c2=N\C2CCCCC2)cn1. The lowest BCUT2D eigenvalue weighted by molar-refractivity contribution is -0.274. The van der Waals surface area contributed by atoms with E-state index < -0.39 is 12.2 Å². The summed E-state index contributed by atoms with van der Waals surface area (Å²) in [5, 5.41) is 4.16. The first-order valence-corrected chi connectivity index (χ1v) is 13.5. The molecule has 0 unspecified atom stereocenters. The quantitative estimate of drug-likeness (QED) is 0.175. The maximum atomic E-state index is 14.3. The van der Waals surface area contributed by atoms with Crippen molar-refractivity contribution in [1.29, 1.82) is 0 Å². The molecule has 2 aliphatic carbocycles. The fourth-order valence-electron chi connectivity index (χ4n) is 5.26. The van der Waals surface area contributed by atoms with Crippen molar-refractivity contribution in [1.82, 2.24) is 14.5 Å². The van der Waals surface area contributed by atoms with E-state index in [-0.39, 0.29) is 11.8 Å². The van der Waals surface area contributed by atoms with E-state index >= 15 is 0 Å². The number of rotatable bonds is 5. The highest BCUT2D eigenvalue weighted by atomic mass is 19.4. The van der Waals surface area contributed by atoms with E-state index in [1.807, 2.05) is 35.8 Å². The summed E-state index contributed by atoms with van der Waals surface area (Å²) in [5.41, 5.74) is 5.20. The second-order valence-corrected chi connectivity index (χ2v) is 10.2. The van der Waals surface area contributed by atoms with Gasteiger partial charge in [-0.15, -0.1) is 13.2 Å². The molecule has 1 aliphatic heterocycles. The molecule has 0 amide bonds. The van der Waals surface area contributed by atoms with Crippen LogP contribution < -0.4 is 15.4 Å². The molecule has 1 saturated carbocycles. The number of aryl methyl sites for hydroxylation is 1. The van der Waals surface area contributed by atoms with Crippen molar-refractivity contribution in [2.45, 2.75) is 51.4 Å². The molecule has 6 nitrogen and oxygen atoms in total. The summed E-state index contributed by atoms with van der Waals surface area (Å²) in [4.78, 5) is 14.3. The van der Waals surface area contributed by atoms with E-state index in [2.05, 4.69) is 15.0 Å². The van der Waals surface area contributed by atoms with E-state index in [9.17, 15) is 17.6 Å². The highest BCUT2D eigenvalue weighted by Crippen LogP contribution is 2.32. The van der Waals surface area contributed by atoms with Crippen LogP contribution in [-0.2, 0) is 0 Å². The van der Waals surface area contributed by atoms with Gasteiger partial charge in [-0.3, -0.25) is 9.98 Å². The first kappa shape index (κ1) is 26.7. The number of nitrogens with zero attached hydrogens (tertiary/aromatic N) is 4. The second kappa shape index (κ2) is 10.8. The van der Waals surface area contributed by atoms with Gasteiger partial charge < -0.3 is 14.6 Å². The molecule has 0 saturated heterocycles. The van der Waals surface area contributed by atoms with E-state index in [0.29, 0.717) is 28.1 Å². The number of anilines is 2. The average molecular weight is 562 g/mol. The monoisotopic (exact) mass is 561 g/mol. The Morgan fingerprint density at radius 2 is 1.73 bits per heavy atom. The van der Waals surface area contributed by atoms with E-state index in [4.69, 9.17) is 9.98 Å². The highest BCUT2D eigenvalue weighted by molar-refractivity contribution is 5.84. The Balaban J connectivity index is 1.57. The molecule has 210 valence electrons. The zero-order valence-corrected chi connectivity index (χ0v) is 22.3. The lowest BCUT2D eigenvalue weighted by Gasteiger charge is -2.22. The van der Waals surface area contributed by atoms with Crippen molar-refractivity contribution in [3.63, 3.8) is 0 Å². The van der Waals surface area contributed by atoms with Gasteiger partial charge in [-0.2, -0.15) is 0 Å². The number of hydrogen-bond acceptors (Lipinski definition) is 5. The minimum absolute atomic E-state index is 0.174. The summed E-state index contributed by atoms with van der Waals surface area (Å²) in [6.45, 7) is 1.92. The van der Waals surface area contributed by atoms with Crippen molar-refractivity contribution in [3.8, 4) is 22.8 Å². The number of aromatic nitrogens is 3. The minimum atomic E-state index is -4.80. The van der Waals surface area contributed by atoms with Gasteiger partial charge in [-0.1, -0.05) is 19.3 Å². The van der Waals surface area contributed by atoms with Crippen molar-refractivity contribution < 1.29 is 22.3 Å². The topological polar surface area (TPSA) is 64.3 Å². The zero-order valence-electron chi connectivity index (χ0n) is 22.3. The molecule has 1 aromatic heterocycles. The number of pyridine rings is 1. The Bertz CT molecular complexity index is 1720. The number of halogens is 4. The number of nitrogens with one attached hydrogen (secondary N) is 1. The Hall–Kier alpha value is -4.47. The van der Waals surface area contributed by atoms with Gasteiger partial charge in [-0.25, -0.2) is 9.37 Å². The third-order valence-electron chi connectivity index (χ3n) is 7.17. The maximum Gasteiger partial charge on any atom is 0.573 e. The molecule has 2 aromatic carbocycles. The fraction of sp³-hybridized carbons (Fsp3) is 0.258. The van der Waals surface area contributed by atoms with Crippen LogP contribution in [0.5, 0.6) is 5.75 Å². The second-order valence-electron chi connectivity index (χ2n) is 10.2. The van der Waals surface area contributed by atoms with Crippen LogP contribution in [0.2, 0.25) is 0 Å². The number of alkyl halides is 3. The molecule has 3 aliphatic rings. The predicted molar refractivity (Wildman–Crippen MR) is 149 cm³/mol. The van der Waals surface area contributed by atoms with Gasteiger partial charge in [0, 0.05) is 17.4 Å². The van der Waals surface area contributed by atoms with Crippen LogP contribution in [0.1, 0.15) is 37.8 Å². The number of hydrogen-bond donors (Lipinski definition) is 1. The molecule has 10 heteroatoms. The highest BCUT2D eigenvalue weighted by Gasteiger charge is 2.31. The zero-order chi connectivity index (χ0) is 28.6. The largest absolute Gasteiger partial charge is 0.573 e. The van der Waals surface area contributed by atoms with E-state index in [1.165, 1.54) is 42.8 Å². The Labute approximate surface area is 233 Å². The Morgan fingerprint density at radius 3 is 2.44 bits per heavy atom. The molecule has 1 fully saturated rings. The lowest BCUT2D eigenvalue weighted by atomic mass is 9.96. The molecule has 1 N–H and O–H groups in total. The van der Waals surface area contributed by atoms with Crippen LogP contribution in [0.25, 0.3) is 28.1 Å². The van der Waals surface area contributed by atoms with Crippen molar-refractivity contribution >= 4 is 22.4 Å². The average Bonchev–Trinajstić information content (AvgIpc) is 2.94. The van der Waals surface area contributed by atoms with Crippen molar-refractivity contribution in [2.75, 3.05) is 5.32 Å². The summed E-state index contributed by atoms with van der Waals surface area (Å²) in [5.74, 6) is -0.778. The number of benzene rings is 3. The van der Waals surface area contributed by atoms with E-state index in [1.54, 1.807) is 12.3 Å². The van der Waals surface area contributed by atoms with Crippen LogP contribution in [0, 0.1) is 12.7 Å². The van der Waals surface area contributed by atoms with Crippen molar-refractivity contribution in [3.05, 3.63) is 89.8 Å². The lowest BCUT2D eigenvalue weighted by Crippen LogP contribution is -2.19. The standard InChI is InChI=1S/C31H27F4N5O/c1-19-7-9-22(18-36-19)38-25-16-28-30(17-26(25)37-21-5-3-2-4-6-21)40(29-14-8-20(32)15-27(29)39-28)23-10-12-24(13-11-23)41-31(33,34)35/h7-18,21,38H,2-6H2,1H3/b37-26+. The first-order chi connectivity index (χ1) is 19.7. The van der Waals surface area contributed by atoms with Crippen LogP contribution >= 0.6 is 0 Å². The maximum absolute atomic E-state index is 14.3. The molecular formula is C31H27F4N5O. The van der Waals surface area contributed by atoms with Crippen LogP contribution in [0.3, 0.4) is 0 Å². The molecule has 0 spiro atoms. The molecule has 0 bridgehead atoms. The third-order valence-corrected chi connectivity index (χ3v) is 7.17. The van der Waals surface area contributed by atoms with Crippen LogP contribution in [0.15, 0.2) is 77.9 Å². The molecule has 0 radical (unpaired) electrons. The minimum Gasteiger partial charge on any atom is -0.406 e. The van der Waals surface area contributed by atoms with Gasteiger partial charge >= 0.3 is 6.36 Å². The van der Waals surface area contributed by atoms with Gasteiger partial charge in [-0.05, 0) is 80.4 Å². The molecule has 3 aromatic rings. The molecule has 6 rings (SSSR count). The Kier molecular flexibility index (Phi) is 7.07. The van der Waals surface area contributed by atoms with Gasteiger partial charge in [0.2, 0.25) is 0 Å². The Morgan fingerprint density at radius 1 is 0.951 bits per heavy atom. The predicted octanol–water partition coefficient (Wildman–Crippen LogP) is 7.85. The van der Waals surface area contributed by atoms with Gasteiger partial charge in [0.15, 0.2) is 0 Å². The van der Waals surface area contributed by atoms with Gasteiger partial charge in [0.25, 0.3) is 0 Å². The van der Waals surface area contributed by atoms with E-state index in [0.717, 1.165) is 48.1 Å². The summed E-state index contributed by atoms with van der Waals surface area (Å²) >= 11 is 0. The summed E-state index contributed by atoms with van der Waals surface area (Å²) in [7, 11) is 0. The molecule has 0 atom stereocenters. The normalized spacial score (nSPS) is 15.0. The first-order valence-electron chi connectivity index (χ1n) is 13.5. The molecule has 2 heterocycles. The van der Waals surface area contributed by atoms with Gasteiger partial charge in [0.1, 0.15) is 11.6 Å². The third kappa shape index (κ3) is 6.01. The number of ether oxygens (including phenoxy) is 1. The van der Waals surface area contributed by atoms with Crippen LogP contribution in [-0.4, -0.2) is 26.9 Å². The summed E-state index contributed by atoms with van der Waals surface area (Å²) in [6.07, 6.45) is 2.39. The smallest absolute Gasteiger partial charge is 0.406 e. The fourth-order valence-corrected chi connectivity index (χ4v) is 5.26. The molecular weight excluding hydrogens is 534 g/mol. The van der Waals surface area contributed by atoms with Crippen molar-refractivity contribution in [2.24, 2.45) is 4.99 Å². The number of fused-ring (bicyclic) bond motifs is 2.